The smallest absolute Gasteiger partial charge is 0.326 e. The van der Waals surface area contributed by atoms with Gasteiger partial charge in [-0.15, -0.1) is 0 Å². The lowest BCUT2D eigenvalue weighted by atomic mass is 10.0. The average Bonchev–Trinajstić information content (AvgIpc) is 2.33. The van der Waals surface area contributed by atoms with E-state index in [1.807, 2.05) is 0 Å². The molecule has 0 aliphatic carbocycles. The van der Waals surface area contributed by atoms with Gasteiger partial charge in [-0.2, -0.15) is 0 Å². The number of hydrogen-bond acceptors (Lipinski definition) is 6. The number of esters is 2. The third-order valence-electron chi connectivity index (χ3n) is 2.23. The Balaban J connectivity index is 3.14. The Kier molecular flexibility index (Phi) is 5.23. The zero-order valence-corrected chi connectivity index (χ0v) is 10.7. The maximum atomic E-state index is 12.9. The molecular weight excluding hydrogens is 255 g/mol. The molecule has 0 unspecified atom stereocenters. The molecule has 7 heteroatoms. The molecule has 0 aromatic carbocycles. The molecule has 19 heavy (non-hydrogen) atoms. The van der Waals surface area contributed by atoms with Crippen LogP contribution in [0.5, 0.6) is 0 Å². The summed E-state index contributed by atoms with van der Waals surface area (Å²) in [6.45, 7) is 3.38. The minimum Gasteiger partial charge on any atom is -0.465 e. The summed E-state index contributed by atoms with van der Waals surface area (Å²) in [7, 11) is 0. The first-order valence-corrected chi connectivity index (χ1v) is 5.75. The molecule has 104 valence electrons. The molecule has 0 amide bonds. The predicted octanol–water partition coefficient (Wildman–Crippen LogP) is 1.01. The van der Waals surface area contributed by atoms with E-state index in [0.29, 0.717) is 0 Å². The van der Waals surface area contributed by atoms with Gasteiger partial charge in [0.1, 0.15) is 5.82 Å². The van der Waals surface area contributed by atoms with Crippen molar-refractivity contribution in [1.29, 1.82) is 0 Å². The standard InChI is InChI=1S/C12H15FN2O4/c1-3-18-11(16)9(12(17)19-4-2)10-8(14)5-7(13)6-15-10/h5-6,9H,3-4,14H2,1-2H3. The number of anilines is 1. The van der Waals surface area contributed by atoms with Crippen LogP contribution in [0.4, 0.5) is 10.1 Å². The summed E-state index contributed by atoms with van der Waals surface area (Å²) < 4.78 is 22.5. The summed E-state index contributed by atoms with van der Waals surface area (Å²) in [5, 5.41) is 0. The van der Waals surface area contributed by atoms with Gasteiger partial charge in [-0.1, -0.05) is 0 Å². The van der Waals surface area contributed by atoms with Crippen molar-refractivity contribution in [3.63, 3.8) is 0 Å². The largest absolute Gasteiger partial charge is 0.465 e. The third-order valence-corrected chi connectivity index (χ3v) is 2.23. The highest BCUT2D eigenvalue weighted by molar-refractivity contribution is 6.01. The number of hydrogen-bond donors (Lipinski definition) is 1. The fraction of sp³-hybridized carbons (Fsp3) is 0.417. The Hall–Kier alpha value is -2.18. The number of carbonyl (C=O) groups excluding carboxylic acids is 2. The second-order valence-electron chi connectivity index (χ2n) is 3.57. The Morgan fingerprint density at radius 1 is 1.32 bits per heavy atom. The average molecular weight is 270 g/mol. The highest BCUT2D eigenvalue weighted by Crippen LogP contribution is 2.23. The fourth-order valence-electron chi connectivity index (χ4n) is 1.48. The van der Waals surface area contributed by atoms with Crippen LogP contribution in [0.15, 0.2) is 12.3 Å². The lowest BCUT2D eigenvalue weighted by molar-refractivity contribution is -0.157. The number of carbonyl (C=O) groups is 2. The van der Waals surface area contributed by atoms with Crippen LogP contribution in [-0.2, 0) is 19.1 Å². The first-order valence-electron chi connectivity index (χ1n) is 5.75. The van der Waals surface area contributed by atoms with Crippen LogP contribution in [0.1, 0.15) is 25.5 Å². The monoisotopic (exact) mass is 270 g/mol. The van der Waals surface area contributed by atoms with E-state index in [1.165, 1.54) is 0 Å². The molecule has 1 aromatic rings. The van der Waals surface area contributed by atoms with Gasteiger partial charge < -0.3 is 15.2 Å². The Labute approximate surface area is 109 Å². The first-order chi connectivity index (χ1) is 9.01. The number of rotatable bonds is 5. The normalized spacial score (nSPS) is 10.3. The zero-order chi connectivity index (χ0) is 14.4. The van der Waals surface area contributed by atoms with Gasteiger partial charge >= 0.3 is 11.9 Å². The lowest BCUT2D eigenvalue weighted by Gasteiger charge is -2.15. The van der Waals surface area contributed by atoms with Crippen molar-refractivity contribution in [2.45, 2.75) is 19.8 Å². The van der Waals surface area contributed by atoms with Crippen LogP contribution in [0.3, 0.4) is 0 Å². The lowest BCUT2D eigenvalue weighted by Crippen LogP contribution is -2.28. The van der Waals surface area contributed by atoms with Gasteiger partial charge in [-0.3, -0.25) is 14.6 Å². The summed E-state index contributed by atoms with van der Waals surface area (Å²) in [5.41, 5.74) is 5.40. The van der Waals surface area contributed by atoms with Crippen molar-refractivity contribution >= 4 is 17.6 Å². The van der Waals surface area contributed by atoms with Gasteiger partial charge in [0.05, 0.1) is 30.8 Å². The van der Waals surface area contributed by atoms with Crippen molar-refractivity contribution in [2.75, 3.05) is 18.9 Å². The van der Waals surface area contributed by atoms with E-state index in [0.717, 1.165) is 12.3 Å². The molecule has 2 N–H and O–H groups in total. The predicted molar refractivity (Wildman–Crippen MR) is 64.6 cm³/mol. The van der Waals surface area contributed by atoms with Crippen LogP contribution < -0.4 is 5.73 Å². The molecule has 0 saturated carbocycles. The molecule has 0 fully saturated rings. The summed E-state index contributed by atoms with van der Waals surface area (Å²) in [6.07, 6.45) is 0.872. The van der Waals surface area contributed by atoms with Crippen molar-refractivity contribution in [3.8, 4) is 0 Å². The molecule has 1 heterocycles. The van der Waals surface area contributed by atoms with Gasteiger partial charge in [-0.05, 0) is 13.8 Å². The molecule has 0 aliphatic heterocycles. The molecule has 0 radical (unpaired) electrons. The van der Waals surface area contributed by atoms with Crippen LogP contribution in [-0.4, -0.2) is 30.1 Å². The summed E-state index contributed by atoms with van der Waals surface area (Å²) in [4.78, 5) is 27.3. The minimum atomic E-state index is -1.40. The maximum Gasteiger partial charge on any atom is 0.326 e. The third kappa shape index (κ3) is 3.64. The number of nitrogens with zero attached hydrogens (tertiary/aromatic N) is 1. The quantitative estimate of drug-likeness (QED) is 0.634. The summed E-state index contributed by atoms with van der Waals surface area (Å²) in [6, 6.07) is 0.980. The van der Waals surface area contributed by atoms with Crippen LogP contribution in [0, 0.1) is 5.82 Å². The zero-order valence-electron chi connectivity index (χ0n) is 10.7. The SMILES string of the molecule is CCOC(=O)C(C(=O)OCC)c1ncc(F)cc1N. The fourth-order valence-corrected chi connectivity index (χ4v) is 1.48. The number of halogens is 1. The molecule has 1 rings (SSSR count). The Morgan fingerprint density at radius 2 is 1.84 bits per heavy atom. The molecule has 0 saturated heterocycles. The van der Waals surface area contributed by atoms with E-state index in [9.17, 15) is 14.0 Å². The van der Waals surface area contributed by atoms with E-state index >= 15 is 0 Å². The van der Waals surface area contributed by atoms with E-state index in [-0.39, 0.29) is 24.6 Å². The second kappa shape index (κ2) is 6.67. The topological polar surface area (TPSA) is 91.5 Å². The summed E-state index contributed by atoms with van der Waals surface area (Å²) in [5.74, 6) is -3.72. The number of ether oxygens (including phenoxy) is 2. The van der Waals surface area contributed by atoms with Crippen molar-refractivity contribution in [2.24, 2.45) is 0 Å². The van der Waals surface area contributed by atoms with Crippen molar-refractivity contribution in [1.82, 2.24) is 4.98 Å². The van der Waals surface area contributed by atoms with Crippen LogP contribution in [0.2, 0.25) is 0 Å². The van der Waals surface area contributed by atoms with E-state index in [1.54, 1.807) is 13.8 Å². The number of pyridine rings is 1. The van der Waals surface area contributed by atoms with Gasteiger partial charge in [0.15, 0.2) is 5.92 Å². The van der Waals surface area contributed by atoms with Gasteiger partial charge in [0.2, 0.25) is 0 Å². The number of aromatic nitrogens is 1. The highest BCUT2D eigenvalue weighted by atomic mass is 19.1. The van der Waals surface area contributed by atoms with Gasteiger partial charge in [0, 0.05) is 6.07 Å². The molecule has 0 atom stereocenters. The highest BCUT2D eigenvalue weighted by Gasteiger charge is 2.34. The van der Waals surface area contributed by atoms with E-state index in [2.05, 4.69) is 4.98 Å². The van der Waals surface area contributed by atoms with Crippen LogP contribution >= 0.6 is 0 Å². The molecule has 0 aliphatic rings. The van der Waals surface area contributed by atoms with Gasteiger partial charge in [-0.25, -0.2) is 4.39 Å². The van der Waals surface area contributed by atoms with Crippen LogP contribution in [0.25, 0.3) is 0 Å². The van der Waals surface area contributed by atoms with E-state index < -0.39 is 23.7 Å². The first kappa shape index (κ1) is 14.9. The van der Waals surface area contributed by atoms with Crippen molar-refractivity contribution in [3.05, 3.63) is 23.8 Å². The Bertz CT molecular complexity index is 461. The van der Waals surface area contributed by atoms with Crippen molar-refractivity contribution < 1.29 is 23.5 Å². The Morgan fingerprint density at radius 3 is 2.26 bits per heavy atom. The molecular formula is C12H15FN2O4. The minimum absolute atomic E-state index is 0.0710. The number of nitrogen functional groups attached to an aromatic ring is 1. The molecule has 6 nitrogen and oxygen atoms in total. The molecule has 0 bridgehead atoms. The molecule has 0 spiro atoms. The molecule has 1 aromatic heterocycles. The summed E-state index contributed by atoms with van der Waals surface area (Å²) >= 11 is 0. The number of nitrogens with two attached hydrogens (primary N) is 1. The second-order valence-corrected chi connectivity index (χ2v) is 3.57. The van der Waals surface area contributed by atoms with E-state index in [4.69, 9.17) is 15.2 Å². The van der Waals surface area contributed by atoms with Gasteiger partial charge in [0.25, 0.3) is 0 Å². The maximum absolute atomic E-state index is 12.9.